The van der Waals surface area contributed by atoms with E-state index in [2.05, 4.69) is 21.2 Å². The number of benzene rings is 1. The first-order valence-electron chi connectivity index (χ1n) is 5.68. The van der Waals surface area contributed by atoms with Crippen LogP contribution in [0.25, 0.3) is 0 Å². The molecule has 1 N–H and O–H groups in total. The van der Waals surface area contributed by atoms with Gasteiger partial charge in [0.2, 0.25) is 0 Å². The summed E-state index contributed by atoms with van der Waals surface area (Å²) in [5.74, 6) is -0.0414. The summed E-state index contributed by atoms with van der Waals surface area (Å²) in [6, 6.07) is 9.77. The number of hydrogen-bond acceptors (Lipinski definition) is 2. The maximum Gasteiger partial charge on any atom is 0.251 e. The van der Waals surface area contributed by atoms with E-state index >= 15 is 0 Å². The maximum absolute atomic E-state index is 12.1. The Morgan fingerprint density at radius 3 is 2.78 bits per heavy atom. The predicted molar refractivity (Wildman–Crippen MR) is 79.1 cm³/mol. The SMILES string of the molecule is Cc1cc(Br)cc(C(=O)NC(C)c2cccs2)c1. The highest BCUT2D eigenvalue weighted by atomic mass is 79.9. The summed E-state index contributed by atoms with van der Waals surface area (Å²) in [5, 5.41) is 5.02. The van der Waals surface area contributed by atoms with E-state index in [-0.39, 0.29) is 11.9 Å². The van der Waals surface area contributed by atoms with Crippen LogP contribution in [0.1, 0.15) is 33.8 Å². The van der Waals surface area contributed by atoms with Gasteiger partial charge in [0.15, 0.2) is 0 Å². The van der Waals surface area contributed by atoms with Crippen LogP contribution in [0.5, 0.6) is 0 Å². The topological polar surface area (TPSA) is 29.1 Å². The first kappa shape index (κ1) is 13.3. The van der Waals surface area contributed by atoms with Gasteiger partial charge >= 0.3 is 0 Å². The van der Waals surface area contributed by atoms with Crippen LogP contribution in [0.2, 0.25) is 0 Å². The molecule has 4 heteroatoms. The Labute approximate surface area is 119 Å². The Hall–Kier alpha value is -1.13. The minimum atomic E-state index is -0.0414. The third-order valence-corrected chi connectivity index (χ3v) is 4.13. The van der Waals surface area contributed by atoms with Crippen LogP contribution in [0.4, 0.5) is 0 Å². The summed E-state index contributed by atoms with van der Waals surface area (Å²) in [6.45, 7) is 3.97. The summed E-state index contributed by atoms with van der Waals surface area (Å²) in [6.07, 6.45) is 0. The van der Waals surface area contributed by atoms with Crippen LogP contribution in [-0.4, -0.2) is 5.91 Å². The molecule has 0 saturated carbocycles. The summed E-state index contributed by atoms with van der Waals surface area (Å²) >= 11 is 5.06. The van der Waals surface area contributed by atoms with Gasteiger partial charge in [-0.2, -0.15) is 0 Å². The highest BCUT2D eigenvalue weighted by Gasteiger charge is 2.12. The molecule has 2 aromatic rings. The van der Waals surface area contributed by atoms with Crippen molar-refractivity contribution in [2.45, 2.75) is 19.9 Å². The van der Waals surface area contributed by atoms with Crippen molar-refractivity contribution in [3.05, 3.63) is 56.2 Å². The second-order valence-electron chi connectivity index (χ2n) is 4.23. The van der Waals surface area contributed by atoms with Crippen molar-refractivity contribution >= 4 is 33.2 Å². The molecule has 0 spiro atoms. The number of amides is 1. The van der Waals surface area contributed by atoms with Gasteiger partial charge in [0, 0.05) is 14.9 Å². The van der Waals surface area contributed by atoms with Gasteiger partial charge in [-0.3, -0.25) is 4.79 Å². The molecule has 0 fully saturated rings. The van der Waals surface area contributed by atoms with Gasteiger partial charge < -0.3 is 5.32 Å². The molecule has 1 unspecified atom stereocenters. The van der Waals surface area contributed by atoms with Gasteiger partial charge in [-0.1, -0.05) is 22.0 Å². The minimum absolute atomic E-state index is 0.0387. The first-order chi connectivity index (χ1) is 8.56. The van der Waals surface area contributed by atoms with Gasteiger partial charge in [-0.15, -0.1) is 11.3 Å². The van der Waals surface area contributed by atoms with Crippen LogP contribution in [0.15, 0.2) is 40.2 Å². The van der Waals surface area contributed by atoms with E-state index in [9.17, 15) is 4.79 Å². The molecule has 1 amide bonds. The lowest BCUT2D eigenvalue weighted by atomic mass is 10.1. The van der Waals surface area contributed by atoms with E-state index in [4.69, 9.17) is 0 Å². The third kappa shape index (κ3) is 3.21. The quantitative estimate of drug-likeness (QED) is 0.895. The average molecular weight is 324 g/mol. The predicted octanol–water partition coefficient (Wildman–Crippen LogP) is 4.31. The Morgan fingerprint density at radius 1 is 1.39 bits per heavy atom. The van der Waals surface area contributed by atoms with Gasteiger partial charge in [0.1, 0.15) is 0 Å². The van der Waals surface area contributed by atoms with E-state index in [1.54, 1.807) is 11.3 Å². The molecule has 1 atom stereocenters. The molecule has 0 aliphatic heterocycles. The number of carbonyl (C=O) groups is 1. The third-order valence-electron chi connectivity index (χ3n) is 2.62. The molecule has 0 aliphatic carbocycles. The van der Waals surface area contributed by atoms with Crippen LogP contribution in [0, 0.1) is 6.92 Å². The molecule has 2 nitrogen and oxygen atoms in total. The van der Waals surface area contributed by atoms with E-state index < -0.39 is 0 Å². The highest BCUT2D eigenvalue weighted by Crippen LogP contribution is 2.20. The van der Waals surface area contributed by atoms with Gasteiger partial charge in [0.25, 0.3) is 5.91 Å². The molecule has 1 heterocycles. The lowest BCUT2D eigenvalue weighted by Gasteiger charge is -2.12. The fourth-order valence-corrected chi connectivity index (χ4v) is 3.10. The molecular weight excluding hydrogens is 310 g/mol. The Morgan fingerprint density at radius 2 is 2.17 bits per heavy atom. The summed E-state index contributed by atoms with van der Waals surface area (Å²) in [7, 11) is 0. The number of carbonyl (C=O) groups excluding carboxylic acids is 1. The zero-order valence-electron chi connectivity index (χ0n) is 10.2. The molecule has 0 aliphatic rings. The molecule has 1 aromatic carbocycles. The van der Waals surface area contributed by atoms with E-state index in [1.165, 1.54) is 0 Å². The monoisotopic (exact) mass is 323 g/mol. The molecule has 0 saturated heterocycles. The zero-order chi connectivity index (χ0) is 13.1. The molecule has 1 aromatic heterocycles. The van der Waals surface area contributed by atoms with Crippen LogP contribution in [-0.2, 0) is 0 Å². The van der Waals surface area contributed by atoms with Crippen LogP contribution in [0.3, 0.4) is 0 Å². The number of aryl methyl sites for hydroxylation is 1. The standard InChI is InChI=1S/C14H14BrNOS/c1-9-6-11(8-12(15)7-9)14(17)16-10(2)13-4-3-5-18-13/h3-8,10H,1-2H3,(H,16,17). The molecule has 2 rings (SSSR count). The van der Waals surface area contributed by atoms with Gasteiger partial charge in [-0.25, -0.2) is 0 Å². The fourth-order valence-electron chi connectivity index (χ4n) is 1.76. The molecule has 18 heavy (non-hydrogen) atoms. The number of rotatable bonds is 3. The Balaban J connectivity index is 2.12. The second kappa shape index (κ2) is 5.67. The van der Waals surface area contributed by atoms with Crippen molar-refractivity contribution in [3.63, 3.8) is 0 Å². The second-order valence-corrected chi connectivity index (χ2v) is 6.12. The largest absolute Gasteiger partial charge is 0.345 e. The van der Waals surface area contributed by atoms with Crippen molar-refractivity contribution in [2.24, 2.45) is 0 Å². The van der Waals surface area contributed by atoms with Crippen molar-refractivity contribution < 1.29 is 4.79 Å². The summed E-state index contributed by atoms with van der Waals surface area (Å²) in [5.41, 5.74) is 1.75. The normalized spacial score (nSPS) is 12.2. The number of hydrogen-bond donors (Lipinski definition) is 1. The van der Waals surface area contributed by atoms with Crippen molar-refractivity contribution in [3.8, 4) is 0 Å². The highest BCUT2D eigenvalue weighted by molar-refractivity contribution is 9.10. The Bertz CT molecular complexity index is 531. The zero-order valence-corrected chi connectivity index (χ0v) is 12.6. The van der Waals surface area contributed by atoms with Gasteiger partial charge in [0.05, 0.1) is 6.04 Å². The van der Waals surface area contributed by atoms with Crippen molar-refractivity contribution in [1.82, 2.24) is 5.32 Å². The van der Waals surface area contributed by atoms with E-state index in [0.29, 0.717) is 5.56 Å². The molecule has 0 radical (unpaired) electrons. The maximum atomic E-state index is 12.1. The lowest BCUT2D eigenvalue weighted by molar-refractivity contribution is 0.0940. The van der Waals surface area contributed by atoms with E-state index in [0.717, 1.165) is 14.9 Å². The number of nitrogens with one attached hydrogen (secondary N) is 1. The number of thiophene rings is 1. The molecule has 94 valence electrons. The minimum Gasteiger partial charge on any atom is -0.345 e. The fraction of sp³-hybridized carbons (Fsp3) is 0.214. The van der Waals surface area contributed by atoms with Crippen molar-refractivity contribution in [1.29, 1.82) is 0 Å². The lowest BCUT2D eigenvalue weighted by Crippen LogP contribution is -2.26. The summed E-state index contributed by atoms with van der Waals surface area (Å²) in [4.78, 5) is 13.3. The van der Waals surface area contributed by atoms with Crippen molar-refractivity contribution in [2.75, 3.05) is 0 Å². The van der Waals surface area contributed by atoms with Gasteiger partial charge in [-0.05, 0) is 49.1 Å². The molecule has 0 bridgehead atoms. The van der Waals surface area contributed by atoms with Crippen LogP contribution < -0.4 is 5.32 Å². The average Bonchev–Trinajstić information content (AvgIpc) is 2.80. The first-order valence-corrected chi connectivity index (χ1v) is 7.35. The molecular formula is C14H14BrNOS. The number of halogens is 1. The Kier molecular flexibility index (Phi) is 4.19. The smallest absolute Gasteiger partial charge is 0.251 e. The van der Waals surface area contributed by atoms with E-state index in [1.807, 2.05) is 49.6 Å². The summed E-state index contributed by atoms with van der Waals surface area (Å²) < 4.78 is 0.927. The van der Waals surface area contributed by atoms with Crippen LogP contribution >= 0.6 is 27.3 Å².